The number of aromatic nitrogens is 7. The molecule has 1 aromatic carbocycles. The molecule has 6 aromatic rings. The van der Waals surface area contributed by atoms with E-state index in [0.29, 0.717) is 28.5 Å². The summed E-state index contributed by atoms with van der Waals surface area (Å²) in [6.45, 7) is 4.76. The molecule has 2 saturated heterocycles. The van der Waals surface area contributed by atoms with Crippen molar-refractivity contribution in [1.29, 1.82) is 5.26 Å². The second-order valence-corrected chi connectivity index (χ2v) is 12.3. The Hall–Kier alpha value is -5.80. The van der Waals surface area contributed by atoms with Gasteiger partial charge < -0.3 is 10.6 Å². The fourth-order valence-electron chi connectivity index (χ4n) is 6.91. The van der Waals surface area contributed by atoms with Crippen molar-refractivity contribution >= 4 is 22.8 Å². The van der Waals surface area contributed by atoms with Gasteiger partial charge in [0, 0.05) is 61.4 Å². The number of nitriles is 1. The van der Waals surface area contributed by atoms with Gasteiger partial charge in [0.1, 0.15) is 23.5 Å². The van der Waals surface area contributed by atoms with E-state index in [1.54, 1.807) is 24.7 Å². The summed E-state index contributed by atoms with van der Waals surface area (Å²) in [7, 11) is 0. The smallest absolute Gasteiger partial charge is 0.234 e. The average molecular weight is 624 g/mol. The second-order valence-electron chi connectivity index (χ2n) is 12.3. The highest BCUT2D eigenvalue weighted by Gasteiger charge is 2.43. The number of benzene rings is 1. The van der Waals surface area contributed by atoms with Crippen LogP contribution in [0.4, 0.5) is 16.0 Å². The molecule has 1 spiro atoms. The normalized spacial score (nSPS) is 17.9. The van der Waals surface area contributed by atoms with Gasteiger partial charge in [-0.3, -0.25) is 14.5 Å². The second kappa shape index (κ2) is 11.5. The van der Waals surface area contributed by atoms with E-state index in [0.717, 1.165) is 68.2 Å². The number of hydrogen-bond acceptors (Lipinski definition) is 10. The van der Waals surface area contributed by atoms with Gasteiger partial charge in [0.05, 0.1) is 23.0 Å². The first kappa shape index (κ1) is 28.7. The number of imidazole rings is 1. The maximum Gasteiger partial charge on any atom is 0.234 e. The van der Waals surface area contributed by atoms with Gasteiger partial charge >= 0.3 is 0 Å². The van der Waals surface area contributed by atoms with Crippen LogP contribution < -0.4 is 10.6 Å². The Balaban J connectivity index is 1.06. The van der Waals surface area contributed by atoms with Crippen LogP contribution in [0.15, 0.2) is 85.5 Å². The number of nitrogens with zero attached hydrogens (tertiary/aromatic N) is 10. The van der Waals surface area contributed by atoms with Crippen LogP contribution in [0.2, 0.25) is 0 Å². The third-order valence-corrected chi connectivity index (χ3v) is 9.24. The maximum atomic E-state index is 13.6. The fourth-order valence-corrected chi connectivity index (χ4v) is 6.91. The van der Waals surface area contributed by atoms with E-state index >= 15 is 0 Å². The van der Waals surface area contributed by atoms with Crippen LogP contribution in [0.5, 0.6) is 0 Å². The zero-order valence-electron chi connectivity index (χ0n) is 25.5. The molecule has 7 heterocycles. The molecule has 2 fully saturated rings. The molecule has 0 bridgehead atoms. The molecule has 5 aromatic heterocycles. The van der Waals surface area contributed by atoms with Crippen molar-refractivity contribution in [2.45, 2.75) is 19.4 Å². The van der Waals surface area contributed by atoms with Crippen molar-refractivity contribution < 1.29 is 4.39 Å². The molecule has 0 amide bonds. The molecule has 0 aliphatic carbocycles. The predicted octanol–water partition coefficient (Wildman–Crippen LogP) is 5.03. The molecule has 8 rings (SSSR count). The Labute approximate surface area is 270 Å². The lowest BCUT2D eigenvalue weighted by atomic mass is 9.86. The largest absolute Gasteiger partial charge is 0.383 e. The van der Waals surface area contributed by atoms with Crippen molar-refractivity contribution in [3.05, 3.63) is 103 Å². The predicted molar refractivity (Wildman–Crippen MR) is 176 cm³/mol. The SMILES string of the molecule is N#Cc1nccc(N2CC[C@@]3(CCN(Cc4ccc(-n5c(-c6cccnc6N)nc6ncc(-c7ccc(F)cn7)cc65)cc4)C3)C2)n1. The number of pyridine rings is 3. The van der Waals surface area contributed by atoms with Crippen LogP contribution in [0.3, 0.4) is 0 Å². The Morgan fingerprint density at radius 3 is 2.57 bits per heavy atom. The van der Waals surface area contributed by atoms with Crippen molar-refractivity contribution in [2.75, 3.05) is 36.8 Å². The minimum Gasteiger partial charge on any atom is -0.383 e. The van der Waals surface area contributed by atoms with Crippen molar-refractivity contribution in [2.24, 2.45) is 5.41 Å². The fraction of sp³-hybridized carbons (Fsp3) is 0.229. The number of nitrogen functional groups attached to an aromatic ring is 1. The van der Waals surface area contributed by atoms with Gasteiger partial charge in [-0.25, -0.2) is 29.3 Å². The number of fused-ring (bicyclic) bond motifs is 1. The monoisotopic (exact) mass is 623 g/mol. The molecule has 11 nitrogen and oxygen atoms in total. The van der Waals surface area contributed by atoms with Crippen molar-refractivity contribution in [1.82, 2.24) is 39.4 Å². The molecule has 2 aliphatic rings. The van der Waals surface area contributed by atoms with E-state index in [9.17, 15) is 9.65 Å². The number of nitrogens with two attached hydrogens (primary N) is 1. The van der Waals surface area contributed by atoms with E-state index in [2.05, 4.69) is 59.0 Å². The molecular formula is C35H30FN11. The third kappa shape index (κ3) is 5.40. The first-order valence-electron chi connectivity index (χ1n) is 15.5. The van der Waals surface area contributed by atoms with Crippen molar-refractivity contribution in [3.8, 4) is 34.4 Å². The Morgan fingerprint density at radius 2 is 1.77 bits per heavy atom. The number of anilines is 2. The lowest BCUT2D eigenvalue weighted by Gasteiger charge is -2.25. The lowest BCUT2D eigenvalue weighted by Crippen LogP contribution is -2.31. The molecule has 232 valence electrons. The van der Waals surface area contributed by atoms with Gasteiger partial charge in [-0.2, -0.15) is 5.26 Å². The van der Waals surface area contributed by atoms with E-state index < -0.39 is 5.82 Å². The third-order valence-electron chi connectivity index (χ3n) is 9.24. The van der Waals surface area contributed by atoms with E-state index in [1.165, 1.54) is 17.8 Å². The zero-order valence-corrected chi connectivity index (χ0v) is 25.5. The maximum absolute atomic E-state index is 13.6. The minimum atomic E-state index is -0.395. The standard InChI is InChI=1S/C35H30FN11/c36-25-5-8-28(41-19-25)24-16-29-33(42-18-24)44-34(27-2-1-12-40-32(27)38)47(29)26-6-3-23(4-7-26)20-45-14-10-35(21-45)11-15-46(22-35)31-9-13-39-30(17-37)43-31/h1-9,12-13,16,18-19H,10-11,14-15,20-22H2,(H2,38,40)/t35-/m1/s1. The summed E-state index contributed by atoms with van der Waals surface area (Å²) in [4.78, 5) is 31.3. The summed E-state index contributed by atoms with van der Waals surface area (Å²) < 4.78 is 15.6. The molecular weight excluding hydrogens is 593 g/mol. The van der Waals surface area contributed by atoms with Crippen LogP contribution in [0, 0.1) is 22.6 Å². The molecule has 2 aliphatic heterocycles. The Bertz CT molecular complexity index is 2140. The first-order chi connectivity index (χ1) is 23.0. The zero-order chi connectivity index (χ0) is 32.0. The molecule has 0 radical (unpaired) electrons. The Morgan fingerprint density at radius 1 is 0.894 bits per heavy atom. The number of halogens is 1. The lowest BCUT2D eigenvalue weighted by molar-refractivity contribution is 0.270. The Kier molecular flexibility index (Phi) is 7.03. The highest BCUT2D eigenvalue weighted by molar-refractivity contribution is 5.85. The minimum absolute atomic E-state index is 0.209. The summed E-state index contributed by atoms with van der Waals surface area (Å²) in [6.07, 6.45) is 8.45. The highest BCUT2D eigenvalue weighted by Crippen LogP contribution is 2.41. The van der Waals surface area contributed by atoms with E-state index in [4.69, 9.17) is 10.7 Å². The van der Waals surface area contributed by atoms with Gasteiger partial charge in [-0.1, -0.05) is 12.1 Å². The van der Waals surface area contributed by atoms with Crippen LogP contribution >= 0.6 is 0 Å². The quantitative estimate of drug-likeness (QED) is 0.269. The molecule has 47 heavy (non-hydrogen) atoms. The molecule has 2 N–H and O–H groups in total. The van der Waals surface area contributed by atoms with Gasteiger partial charge in [-0.05, 0) is 73.5 Å². The summed E-state index contributed by atoms with van der Waals surface area (Å²) in [6, 6.07) is 21.2. The number of hydrogen-bond donors (Lipinski definition) is 1. The van der Waals surface area contributed by atoms with Crippen molar-refractivity contribution in [3.63, 3.8) is 0 Å². The van der Waals surface area contributed by atoms with Crippen LogP contribution in [0.25, 0.3) is 39.5 Å². The van der Waals surface area contributed by atoms with Gasteiger partial charge in [0.2, 0.25) is 5.82 Å². The van der Waals surface area contributed by atoms with Gasteiger partial charge in [0.25, 0.3) is 0 Å². The number of likely N-dealkylation sites (tertiary alicyclic amines) is 1. The molecule has 0 saturated carbocycles. The van der Waals surface area contributed by atoms with Gasteiger partial charge in [0.15, 0.2) is 11.5 Å². The van der Waals surface area contributed by atoms with Crippen LogP contribution in [0.1, 0.15) is 24.2 Å². The number of rotatable bonds is 6. The highest BCUT2D eigenvalue weighted by atomic mass is 19.1. The molecule has 1 atom stereocenters. The van der Waals surface area contributed by atoms with E-state index in [1.807, 2.05) is 34.9 Å². The average Bonchev–Trinajstić information content (AvgIpc) is 3.82. The van der Waals surface area contributed by atoms with Crippen LogP contribution in [-0.4, -0.2) is 65.5 Å². The summed E-state index contributed by atoms with van der Waals surface area (Å²) in [5.41, 5.74) is 12.1. The summed E-state index contributed by atoms with van der Waals surface area (Å²) >= 11 is 0. The summed E-state index contributed by atoms with van der Waals surface area (Å²) in [5.74, 6) is 1.65. The molecule has 0 unspecified atom stereocenters. The molecule has 12 heteroatoms. The van der Waals surface area contributed by atoms with Gasteiger partial charge in [-0.15, -0.1) is 0 Å². The van der Waals surface area contributed by atoms with Crippen LogP contribution in [-0.2, 0) is 6.54 Å². The summed E-state index contributed by atoms with van der Waals surface area (Å²) in [5, 5.41) is 9.21. The topological polar surface area (TPSA) is 139 Å². The van der Waals surface area contributed by atoms with E-state index in [-0.39, 0.29) is 11.2 Å². The first-order valence-corrected chi connectivity index (χ1v) is 15.5.